The molecule has 0 N–H and O–H groups in total. The normalized spacial score (nSPS) is 28.3. The number of carbonyl (C=O) groups excluding carboxylic acids is 1. The van der Waals surface area contributed by atoms with Crippen molar-refractivity contribution in [1.82, 2.24) is 14.7 Å². The Kier molecular flexibility index (Phi) is 5.02. The zero-order valence-electron chi connectivity index (χ0n) is 14.3. The molecular formula is C17H27N3O3. The summed E-state index contributed by atoms with van der Waals surface area (Å²) in [5.74, 6) is 0.606. The third-order valence-corrected chi connectivity index (χ3v) is 5.22. The summed E-state index contributed by atoms with van der Waals surface area (Å²) in [5, 5.41) is 4.30. The minimum absolute atomic E-state index is 0.0841. The van der Waals surface area contributed by atoms with Crippen molar-refractivity contribution in [2.45, 2.75) is 32.3 Å². The molecule has 2 aliphatic heterocycles. The minimum atomic E-state index is -0.154. The largest absolute Gasteiger partial charge is 0.384 e. The van der Waals surface area contributed by atoms with E-state index in [1.807, 2.05) is 29.7 Å². The van der Waals surface area contributed by atoms with Crippen LogP contribution in [0.15, 0.2) is 6.20 Å². The van der Waals surface area contributed by atoms with Crippen LogP contribution in [0.25, 0.3) is 0 Å². The van der Waals surface area contributed by atoms with E-state index in [1.54, 1.807) is 7.11 Å². The van der Waals surface area contributed by atoms with Crippen LogP contribution in [-0.2, 0) is 21.3 Å². The Morgan fingerprint density at radius 2 is 2.30 bits per heavy atom. The summed E-state index contributed by atoms with van der Waals surface area (Å²) in [6, 6.07) is 0. The van der Waals surface area contributed by atoms with E-state index in [2.05, 4.69) is 5.10 Å². The molecule has 0 saturated carbocycles. The smallest absolute Gasteiger partial charge is 0.228 e. The Hall–Kier alpha value is -1.40. The average Bonchev–Trinajstić information content (AvgIpc) is 3.15. The van der Waals surface area contributed by atoms with Gasteiger partial charge in [0.05, 0.1) is 24.8 Å². The lowest BCUT2D eigenvalue weighted by Gasteiger charge is -2.34. The number of hydrogen-bond acceptors (Lipinski definition) is 4. The predicted molar refractivity (Wildman–Crippen MR) is 85.9 cm³/mol. The van der Waals surface area contributed by atoms with Gasteiger partial charge < -0.3 is 14.4 Å². The monoisotopic (exact) mass is 321 g/mol. The molecule has 6 nitrogen and oxygen atoms in total. The molecule has 3 rings (SSSR count). The van der Waals surface area contributed by atoms with Crippen LogP contribution >= 0.6 is 0 Å². The summed E-state index contributed by atoms with van der Waals surface area (Å²) in [7, 11) is 3.65. The van der Waals surface area contributed by atoms with Gasteiger partial charge in [0.15, 0.2) is 0 Å². The molecule has 0 bridgehead atoms. The summed E-state index contributed by atoms with van der Waals surface area (Å²) in [6.07, 6.45) is 4.69. The number of ether oxygens (including phenoxy) is 2. The van der Waals surface area contributed by atoms with Crippen molar-refractivity contribution in [3.05, 3.63) is 17.5 Å². The molecule has 2 fully saturated rings. The number of piperidine rings is 1. The number of methoxy groups -OCH3 is 1. The van der Waals surface area contributed by atoms with Gasteiger partial charge >= 0.3 is 0 Å². The second kappa shape index (κ2) is 7.01. The molecule has 6 heteroatoms. The van der Waals surface area contributed by atoms with Gasteiger partial charge in [-0.05, 0) is 32.1 Å². The van der Waals surface area contributed by atoms with Crippen molar-refractivity contribution in [1.29, 1.82) is 0 Å². The Bertz CT molecular complexity index is 555. The van der Waals surface area contributed by atoms with E-state index in [1.165, 1.54) is 0 Å². The first-order valence-corrected chi connectivity index (χ1v) is 8.49. The fourth-order valence-electron chi connectivity index (χ4n) is 3.82. The van der Waals surface area contributed by atoms with Crippen LogP contribution in [0, 0.1) is 18.8 Å². The van der Waals surface area contributed by atoms with E-state index in [4.69, 9.17) is 9.47 Å². The van der Waals surface area contributed by atoms with Crippen LogP contribution in [0.4, 0.5) is 0 Å². The second-order valence-corrected chi connectivity index (χ2v) is 6.74. The SMILES string of the molecule is COC[C@@H]1CCCN(C(=O)[C@H]2CCO[C@@H]2c2cnn(C)c2C)C1. The highest BCUT2D eigenvalue weighted by Crippen LogP contribution is 2.37. The number of rotatable bonds is 4. The average molecular weight is 321 g/mol. The molecule has 0 aliphatic carbocycles. The van der Waals surface area contributed by atoms with Gasteiger partial charge in [-0.15, -0.1) is 0 Å². The van der Waals surface area contributed by atoms with Gasteiger partial charge in [0.2, 0.25) is 5.91 Å². The molecule has 2 saturated heterocycles. The van der Waals surface area contributed by atoms with Crippen molar-refractivity contribution in [3.8, 4) is 0 Å². The van der Waals surface area contributed by atoms with Crippen LogP contribution < -0.4 is 0 Å². The van der Waals surface area contributed by atoms with Crippen molar-refractivity contribution < 1.29 is 14.3 Å². The molecule has 2 aliphatic rings. The van der Waals surface area contributed by atoms with E-state index in [0.29, 0.717) is 12.5 Å². The molecule has 0 radical (unpaired) electrons. The van der Waals surface area contributed by atoms with Crippen molar-refractivity contribution in [2.24, 2.45) is 18.9 Å². The van der Waals surface area contributed by atoms with Crippen LogP contribution in [0.2, 0.25) is 0 Å². The first kappa shape index (κ1) is 16.5. The zero-order valence-corrected chi connectivity index (χ0v) is 14.3. The maximum absolute atomic E-state index is 13.0. The molecule has 23 heavy (non-hydrogen) atoms. The van der Waals surface area contributed by atoms with Gasteiger partial charge in [-0.3, -0.25) is 9.48 Å². The number of hydrogen-bond donors (Lipinski definition) is 0. The minimum Gasteiger partial charge on any atom is -0.384 e. The van der Waals surface area contributed by atoms with Gasteiger partial charge in [-0.25, -0.2) is 0 Å². The van der Waals surface area contributed by atoms with E-state index in [0.717, 1.165) is 50.2 Å². The Morgan fingerprint density at radius 3 is 3.00 bits per heavy atom. The molecular weight excluding hydrogens is 294 g/mol. The number of carbonyl (C=O) groups is 1. The molecule has 0 unspecified atom stereocenters. The highest BCUT2D eigenvalue weighted by Gasteiger charge is 2.40. The summed E-state index contributed by atoms with van der Waals surface area (Å²) in [5.41, 5.74) is 2.12. The molecule has 128 valence electrons. The van der Waals surface area contributed by atoms with Crippen molar-refractivity contribution in [3.63, 3.8) is 0 Å². The molecule has 0 aromatic carbocycles. The third kappa shape index (κ3) is 3.28. The van der Waals surface area contributed by atoms with Gasteiger partial charge in [-0.1, -0.05) is 0 Å². The lowest BCUT2D eigenvalue weighted by Crippen LogP contribution is -2.44. The molecule has 1 amide bonds. The number of likely N-dealkylation sites (tertiary alicyclic amines) is 1. The topological polar surface area (TPSA) is 56.6 Å². The lowest BCUT2D eigenvalue weighted by molar-refractivity contribution is -0.139. The van der Waals surface area contributed by atoms with E-state index < -0.39 is 0 Å². The standard InChI is InChI=1S/C17H27N3O3/c1-12-15(9-18-19(12)2)16-14(6-8-23-16)17(21)20-7-4-5-13(10-20)11-22-3/h9,13-14,16H,4-8,10-11H2,1-3H3/t13-,14+,16+/m1/s1. The third-order valence-electron chi connectivity index (χ3n) is 5.22. The van der Waals surface area contributed by atoms with Gasteiger partial charge in [-0.2, -0.15) is 5.10 Å². The van der Waals surface area contributed by atoms with Gasteiger partial charge in [0, 0.05) is 45.1 Å². The van der Waals surface area contributed by atoms with Crippen LogP contribution in [0.5, 0.6) is 0 Å². The number of aromatic nitrogens is 2. The van der Waals surface area contributed by atoms with E-state index in [-0.39, 0.29) is 17.9 Å². The molecule has 3 atom stereocenters. The maximum Gasteiger partial charge on any atom is 0.228 e. The van der Waals surface area contributed by atoms with Gasteiger partial charge in [0.1, 0.15) is 0 Å². The second-order valence-electron chi connectivity index (χ2n) is 6.74. The molecule has 3 heterocycles. The van der Waals surface area contributed by atoms with Crippen LogP contribution in [0.1, 0.15) is 36.6 Å². The Balaban J connectivity index is 1.72. The lowest BCUT2D eigenvalue weighted by atomic mass is 9.92. The van der Waals surface area contributed by atoms with E-state index >= 15 is 0 Å². The van der Waals surface area contributed by atoms with Crippen LogP contribution in [-0.4, -0.2) is 54.0 Å². The first-order chi connectivity index (χ1) is 11.1. The summed E-state index contributed by atoms with van der Waals surface area (Å²) in [6.45, 7) is 5.07. The zero-order chi connectivity index (χ0) is 16.4. The molecule has 1 aromatic rings. The van der Waals surface area contributed by atoms with E-state index in [9.17, 15) is 4.79 Å². The fourth-order valence-corrected chi connectivity index (χ4v) is 3.82. The molecule has 0 spiro atoms. The summed E-state index contributed by atoms with van der Waals surface area (Å²) < 4.78 is 13.0. The first-order valence-electron chi connectivity index (χ1n) is 8.49. The fraction of sp³-hybridized carbons (Fsp3) is 0.765. The number of nitrogens with zero attached hydrogens (tertiary/aromatic N) is 3. The Labute approximate surface area is 137 Å². The maximum atomic E-state index is 13.0. The Morgan fingerprint density at radius 1 is 1.48 bits per heavy atom. The molecule has 1 aromatic heterocycles. The summed E-state index contributed by atoms with van der Waals surface area (Å²) in [4.78, 5) is 15.0. The van der Waals surface area contributed by atoms with Gasteiger partial charge in [0.25, 0.3) is 0 Å². The predicted octanol–water partition coefficient (Wildman–Crippen LogP) is 1.69. The van der Waals surface area contributed by atoms with Crippen molar-refractivity contribution in [2.75, 3.05) is 33.4 Å². The highest BCUT2D eigenvalue weighted by molar-refractivity contribution is 5.80. The van der Waals surface area contributed by atoms with Crippen LogP contribution in [0.3, 0.4) is 0 Å². The highest BCUT2D eigenvalue weighted by atomic mass is 16.5. The quantitative estimate of drug-likeness (QED) is 0.847. The van der Waals surface area contributed by atoms with Crippen molar-refractivity contribution >= 4 is 5.91 Å². The number of aryl methyl sites for hydroxylation is 1. The number of amides is 1. The summed E-state index contributed by atoms with van der Waals surface area (Å²) >= 11 is 0.